The van der Waals surface area contributed by atoms with E-state index in [1.54, 1.807) is 4.57 Å². The number of halogens is 3. The van der Waals surface area contributed by atoms with Crippen LogP contribution in [0.25, 0.3) is 11.0 Å². The third kappa shape index (κ3) is 3.44. The number of methoxy groups -OCH3 is 1. The Hall–Kier alpha value is -1.83. The van der Waals surface area contributed by atoms with E-state index in [0.29, 0.717) is 28.8 Å². The van der Waals surface area contributed by atoms with Crippen LogP contribution in [0.3, 0.4) is 0 Å². The van der Waals surface area contributed by atoms with Crippen molar-refractivity contribution in [3.63, 3.8) is 0 Å². The van der Waals surface area contributed by atoms with Crippen LogP contribution < -0.4 is 0 Å². The molecule has 8 heteroatoms. The SMILES string of the molecule is COC(=O)CCCn1c(=S)[nH]c2cc(C(F)(F)F)ccc21. The summed E-state index contributed by atoms with van der Waals surface area (Å²) in [5, 5.41) is 0. The van der Waals surface area contributed by atoms with Crippen molar-refractivity contribution in [1.29, 1.82) is 0 Å². The molecule has 114 valence electrons. The van der Waals surface area contributed by atoms with Gasteiger partial charge in [-0.05, 0) is 36.8 Å². The van der Waals surface area contributed by atoms with Gasteiger partial charge in [-0.3, -0.25) is 4.79 Å². The van der Waals surface area contributed by atoms with Gasteiger partial charge in [-0.2, -0.15) is 13.2 Å². The monoisotopic (exact) mass is 318 g/mol. The molecule has 0 fully saturated rings. The van der Waals surface area contributed by atoms with Gasteiger partial charge in [0, 0.05) is 13.0 Å². The lowest BCUT2D eigenvalue weighted by molar-refractivity contribution is -0.141. The molecule has 1 heterocycles. The zero-order valence-corrected chi connectivity index (χ0v) is 12.0. The molecule has 0 aliphatic carbocycles. The Labute approximate surface area is 123 Å². The number of carbonyl (C=O) groups is 1. The predicted octanol–water partition coefficient (Wildman–Crippen LogP) is 3.67. The Balaban J connectivity index is 2.27. The molecule has 1 aromatic heterocycles. The second-order valence-electron chi connectivity index (χ2n) is 4.49. The Morgan fingerprint density at radius 2 is 2.14 bits per heavy atom. The van der Waals surface area contributed by atoms with Crippen molar-refractivity contribution in [3.8, 4) is 0 Å². The van der Waals surface area contributed by atoms with Crippen molar-refractivity contribution in [1.82, 2.24) is 9.55 Å². The molecule has 1 aromatic carbocycles. The number of hydrogen-bond acceptors (Lipinski definition) is 3. The number of ether oxygens (including phenoxy) is 1. The summed E-state index contributed by atoms with van der Waals surface area (Å²) in [6, 6.07) is 3.42. The van der Waals surface area contributed by atoms with E-state index in [1.165, 1.54) is 13.2 Å². The van der Waals surface area contributed by atoms with Crippen LogP contribution in [0.5, 0.6) is 0 Å². The van der Waals surface area contributed by atoms with Crippen molar-refractivity contribution < 1.29 is 22.7 Å². The lowest BCUT2D eigenvalue weighted by Gasteiger charge is -2.07. The molecule has 2 aromatic rings. The van der Waals surface area contributed by atoms with E-state index in [4.69, 9.17) is 12.2 Å². The predicted molar refractivity (Wildman–Crippen MR) is 73.4 cm³/mol. The standard InChI is InChI=1S/C13H13F3N2O2S/c1-20-11(19)3-2-6-18-10-5-4-8(13(14,15)16)7-9(10)17-12(18)21/h4-5,7H,2-3,6H2,1H3,(H,17,21). The fraction of sp³-hybridized carbons (Fsp3) is 0.385. The summed E-state index contributed by atoms with van der Waals surface area (Å²) in [6.07, 6.45) is -3.67. The minimum atomic E-state index is -4.39. The normalized spacial score (nSPS) is 11.8. The number of aromatic amines is 1. The molecule has 2 rings (SSSR count). The van der Waals surface area contributed by atoms with E-state index in [0.717, 1.165) is 12.1 Å². The molecule has 0 bridgehead atoms. The highest BCUT2D eigenvalue weighted by Gasteiger charge is 2.30. The Bertz CT molecular complexity index is 718. The van der Waals surface area contributed by atoms with Crippen molar-refractivity contribution in [2.24, 2.45) is 0 Å². The number of benzene rings is 1. The number of fused-ring (bicyclic) bond motifs is 1. The fourth-order valence-electron chi connectivity index (χ4n) is 2.05. The zero-order valence-electron chi connectivity index (χ0n) is 11.2. The summed E-state index contributed by atoms with van der Waals surface area (Å²) in [4.78, 5) is 13.8. The molecule has 0 unspecified atom stereocenters. The van der Waals surface area contributed by atoms with Crippen LogP contribution in [0.4, 0.5) is 13.2 Å². The van der Waals surface area contributed by atoms with Gasteiger partial charge < -0.3 is 14.3 Å². The van der Waals surface area contributed by atoms with Gasteiger partial charge in [0.25, 0.3) is 0 Å². The van der Waals surface area contributed by atoms with Gasteiger partial charge in [-0.15, -0.1) is 0 Å². The number of nitrogens with one attached hydrogen (secondary N) is 1. The van der Waals surface area contributed by atoms with Crippen molar-refractivity contribution in [3.05, 3.63) is 28.5 Å². The summed E-state index contributed by atoms with van der Waals surface area (Å²) in [5.41, 5.74) is 0.179. The molecular formula is C13H13F3N2O2S. The molecule has 0 atom stereocenters. The van der Waals surface area contributed by atoms with Crippen LogP contribution in [0.1, 0.15) is 18.4 Å². The molecule has 0 radical (unpaired) electrons. The van der Waals surface area contributed by atoms with Crippen molar-refractivity contribution in [2.45, 2.75) is 25.6 Å². The van der Waals surface area contributed by atoms with Gasteiger partial charge >= 0.3 is 12.1 Å². The number of aryl methyl sites for hydroxylation is 1. The number of alkyl halides is 3. The van der Waals surface area contributed by atoms with Gasteiger partial charge in [-0.1, -0.05) is 0 Å². The molecule has 4 nitrogen and oxygen atoms in total. The highest BCUT2D eigenvalue weighted by atomic mass is 32.1. The number of esters is 1. The number of nitrogens with zero attached hydrogens (tertiary/aromatic N) is 1. The van der Waals surface area contributed by atoms with E-state index >= 15 is 0 Å². The highest BCUT2D eigenvalue weighted by molar-refractivity contribution is 7.71. The number of imidazole rings is 1. The minimum Gasteiger partial charge on any atom is -0.469 e. The van der Waals surface area contributed by atoms with Crippen LogP contribution in [0.2, 0.25) is 0 Å². The van der Waals surface area contributed by atoms with Crippen LogP contribution >= 0.6 is 12.2 Å². The first-order valence-electron chi connectivity index (χ1n) is 6.19. The van der Waals surface area contributed by atoms with Crippen molar-refractivity contribution >= 4 is 29.2 Å². The first kappa shape index (κ1) is 15.6. The van der Waals surface area contributed by atoms with E-state index < -0.39 is 11.7 Å². The van der Waals surface area contributed by atoms with E-state index in [-0.39, 0.29) is 12.4 Å². The number of carbonyl (C=O) groups excluding carboxylic acids is 1. The Morgan fingerprint density at radius 3 is 2.76 bits per heavy atom. The average Bonchev–Trinajstić information content (AvgIpc) is 2.73. The minimum absolute atomic E-state index is 0.228. The second-order valence-corrected chi connectivity index (χ2v) is 4.88. The highest BCUT2D eigenvalue weighted by Crippen LogP contribution is 2.31. The third-order valence-electron chi connectivity index (χ3n) is 3.09. The lowest BCUT2D eigenvalue weighted by atomic mass is 10.2. The number of aromatic nitrogens is 2. The first-order chi connectivity index (χ1) is 9.82. The summed E-state index contributed by atoms with van der Waals surface area (Å²) in [5.74, 6) is -0.333. The number of rotatable bonds is 4. The maximum absolute atomic E-state index is 12.7. The van der Waals surface area contributed by atoms with Crippen LogP contribution in [-0.2, 0) is 22.3 Å². The summed E-state index contributed by atoms with van der Waals surface area (Å²) >= 11 is 5.11. The van der Waals surface area contributed by atoms with Gasteiger partial charge in [0.2, 0.25) is 0 Å². The van der Waals surface area contributed by atoms with E-state index in [9.17, 15) is 18.0 Å². The summed E-state index contributed by atoms with van der Waals surface area (Å²) in [7, 11) is 1.30. The molecule has 0 spiro atoms. The average molecular weight is 318 g/mol. The molecule has 0 saturated heterocycles. The third-order valence-corrected chi connectivity index (χ3v) is 3.41. The molecule has 1 N–H and O–H groups in total. The second kappa shape index (κ2) is 5.88. The maximum atomic E-state index is 12.7. The van der Waals surface area contributed by atoms with Gasteiger partial charge in [0.05, 0.1) is 23.7 Å². The fourth-order valence-corrected chi connectivity index (χ4v) is 2.35. The Kier molecular flexibility index (Phi) is 4.36. The molecular weight excluding hydrogens is 305 g/mol. The molecule has 0 saturated carbocycles. The van der Waals surface area contributed by atoms with Gasteiger partial charge in [0.1, 0.15) is 0 Å². The van der Waals surface area contributed by atoms with Gasteiger partial charge in [-0.25, -0.2) is 0 Å². The van der Waals surface area contributed by atoms with Crippen LogP contribution in [0.15, 0.2) is 18.2 Å². The van der Waals surface area contributed by atoms with Crippen LogP contribution in [0, 0.1) is 4.77 Å². The summed E-state index contributed by atoms with van der Waals surface area (Å²) in [6.45, 7) is 0.430. The van der Waals surface area contributed by atoms with Crippen molar-refractivity contribution in [2.75, 3.05) is 7.11 Å². The number of H-pyrrole nitrogens is 1. The quantitative estimate of drug-likeness (QED) is 0.691. The van der Waals surface area contributed by atoms with Crippen LogP contribution in [-0.4, -0.2) is 22.6 Å². The largest absolute Gasteiger partial charge is 0.469 e. The smallest absolute Gasteiger partial charge is 0.416 e. The molecule has 21 heavy (non-hydrogen) atoms. The topological polar surface area (TPSA) is 47.0 Å². The molecule has 0 amide bonds. The first-order valence-corrected chi connectivity index (χ1v) is 6.60. The van der Waals surface area contributed by atoms with E-state index in [1.807, 2.05) is 0 Å². The Morgan fingerprint density at radius 1 is 1.43 bits per heavy atom. The van der Waals surface area contributed by atoms with Gasteiger partial charge in [0.15, 0.2) is 4.77 Å². The lowest BCUT2D eigenvalue weighted by Crippen LogP contribution is -2.05. The molecule has 0 aliphatic heterocycles. The number of hydrogen-bond donors (Lipinski definition) is 1. The maximum Gasteiger partial charge on any atom is 0.416 e. The summed E-state index contributed by atoms with van der Waals surface area (Å²) < 4.78 is 44.5. The van der Waals surface area contributed by atoms with E-state index in [2.05, 4.69) is 9.72 Å². The molecule has 0 aliphatic rings. The zero-order chi connectivity index (χ0) is 15.6.